The average Bonchev–Trinajstić information content (AvgIpc) is 3.11. The van der Waals surface area contributed by atoms with Crippen LogP contribution in [0.25, 0.3) is 65.3 Å². The van der Waals surface area contributed by atoms with Crippen LogP contribution in [0.1, 0.15) is 77.6 Å². The fraction of sp³-hybridized carbons (Fsp3) is 0.216. The van der Waals surface area contributed by atoms with Crippen LogP contribution in [0.15, 0.2) is 146 Å². The second kappa shape index (κ2) is 12.0. The summed E-state index contributed by atoms with van der Waals surface area (Å²) in [5.74, 6) is 0. The molecule has 0 amide bonds. The largest absolute Gasteiger partial charge is 0.0616 e. The monoisotopic (exact) mass is 660 g/mol. The Morgan fingerprint density at radius 3 is 0.745 bits per heavy atom. The highest BCUT2D eigenvalue weighted by atomic mass is 14.3. The third-order valence-electron chi connectivity index (χ3n) is 11.2. The summed E-state index contributed by atoms with van der Waals surface area (Å²) in [6.07, 6.45) is 0. The van der Waals surface area contributed by atoms with Crippen molar-refractivity contribution in [2.45, 2.75) is 71.6 Å². The number of rotatable bonds is 4. The topological polar surface area (TPSA) is 0 Å². The highest BCUT2D eigenvalue weighted by Crippen LogP contribution is 2.46. The van der Waals surface area contributed by atoms with E-state index in [9.17, 15) is 0 Å². The maximum atomic E-state index is 2.35. The van der Waals surface area contributed by atoms with E-state index in [4.69, 9.17) is 0 Å². The lowest BCUT2D eigenvalue weighted by Crippen LogP contribution is -2.18. The molecule has 0 saturated carbocycles. The predicted octanol–water partition coefficient (Wildman–Crippen LogP) is 14.6. The van der Waals surface area contributed by atoms with E-state index in [1.165, 1.54) is 87.6 Å². The Kier molecular flexibility index (Phi) is 7.73. The summed E-state index contributed by atoms with van der Waals surface area (Å²) >= 11 is 0. The highest BCUT2D eigenvalue weighted by molar-refractivity contribution is 6.16. The molecule has 0 saturated heterocycles. The number of hydrogen-bond donors (Lipinski definition) is 0. The minimum absolute atomic E-state index is 0.0250. The van der Waals surface area contributed by atoms with Gasteiger partial charge in [-0.15, -0.1) is 0 Å². The quantitative estimate of drug-likeness (QED) is 0.165. The molecule has 8 rings (SSSR count). The van der Waals surface area contributed by atoms with Crippen LogP contribution in [-0.2, 0) is 16.2 Å². The Labute approximate surface area is 303 Å². The van der Waals surface area contributed by atoms with E-state index < -0.39 is 0 Å². The van der Waals surface area contributed by atoms with Gasteiger partial charge in [0.2, 0.25) is 0 Å². The molecule has 0 fully saturated rings. The van der Waals surface area contributed by atoms with Gasteiger partial charge in [0.25, 0.3) is 0 Å². The minimum Gasteiger partial charge on any atom is -0.0616 e. The van der Waals surface area contributed by atoms with Crippen molar-refractivity contribution in [2.24, 2.45) is 0 Å². The first-order chi connectivity index (χ1) is 24.4. The molecule has 0 radical (unpaired) electrons. The molecule has 0 nitrogen and oxygen atoms in total. The molecule has 8 aromatic carbocycles. The van der Waals surface area contributed by atoms with Crippen molar-refractivity contribution in [1.82, 2.24) is 0 Å². The molecule has 0 unspecified atom stereocenters. The Morgan fingerprint density at radius 2 is 0.510 bits per heavy atom. The molecule has 0 aliphatic heterocycles. The summed E-state index contributed by atoms with van der Waals surface area (Å²) in [5.41, 5.74) is 10.5. The van der Waals surface area contributed by atoms with Gasteiger partial charge in [-0.2, -0.15) is 0 Å². The van der Waals surface area contributed by atoms with Gasteiger partial charge in [0.05, 0.1) is 0 Å². The first-order valence-corrected chi connectivity index (χ1v) is 18.5. The summed E-state index contributed by atoms with van der Waals surface area (Å²) in [6.45, 7) is 18.7. The van der Waals surface area contributed by atoms with E-state index in [0.29, 0.717) is 0 Å². The third-order valence-corrected chi connectivity index (χ3v) is 11.2. The van der Waals surface area contributed by atoms with Crippen molar-refractivity contribution in [2.75, 3.05) is 0 Å². The van der Waals surface area contributed by atoms with Crippen molar-refractivity contribution >= 4 is 43.1 Å². The molecule has 0 atom stereocenters. The van der Waals surface area contributed by atoms with Gasteiger partial charge in [-0.05, 0) is 98.4 Å². The van der Waals surface area contributed by atoms with Crippen LogP contribution in [0.5, 0.6) is 0 Å². The van der Waals surface area contributed by atoms with Crippen LogP contribution < -0.4 is 0 Å². The standard InChI is InChI=1S/C51H48/c1-49(2,3)47-41-21-13-9-17-37(41)45(38-18-10-14-22-42(38)47)33-25-29-35(30-26-33)51(7,8)36-31-27-34(28-32-36)46-39-19-11-15-23-43(39)48(50(4,5)6)44-24-16-12-20-40(44)46/h9-32H,1-8H3. The normalized spacial score (nSPS) is 12.7. The molecule has 0 spiro atoms. The van der Waals surface area contributed by atoms with Gasteiger partial charge in [0.1, 0.15) is 0 Å². The Bertz CT molecular complexity index is 2290. The molecule has 0 N–H and O–H groups in total. The highest BCUT2D eigenvalue weighted by Gasteiger charge is 2.27. The van der Waals surface area contributed by atoms with Crippen LogP contribution in [-0.4, -0.2) is 0 Å². The number of benzene rings is 8. The van der Waals surface area contributed by atoms with E-state index >= 15 is 0 Å². The zero-order valence-electron chi connectivity index (χ0n) is 31.4. The summed E-state index contributed by atoms with van der Waals surface area (Å²) in [4.78, 5) is 0. The summed E-state index contributed by atoms with van der Waals surface area (Å²) in [7, 11) is 0. The maximum Gasteiger partial charge on any atom is 0.0146 e. The van der Waals surface area contributed by atoms with Crippen LogP contribution in [0.4, 0.5) is 0 Å². The fourth-order valence-electron chi connectivity index (χ4n) is 8.77. The van der Waals surface area contributed by atoms with Crippen molar-refractivity contribution in [3.8, 4) is 22.3 Å². The molecular weight excluding hydrogens is 613 g/mol. The van der Waals surface area contributed by atoms with E-state index in [0.717, 1.165) is 0 Å². The lowest BCUT2D eigenvalue weighted by atomic mass is 9.75. The van der Waals surface area contributed by atoms with Crippen LogP contribution in [0.3, 0.4) is 0 Å². The lowest BCUT2D eigenvalue weighted by Gasteiger charge is -2.28. The summed E-state index contributed by atoms with van der Waals surface area (Å²) in [5, 5.41) is 10.7. The molecule has 51 heavy (non-hydrogen) atoms. The minimum atomic E-state index is -0.169. The van der Waals surface area contributed by atoms with Crippen LogP contribution in [0.2, 0.25) is 0 Å². The molecule has 0 heteroatoms. The first kappa shape index (κ1) is 33.0. The SMILES string of the molecule is CC(C)(C)c1c2ccccc2c(-c2ccc(C(C)(C)c3ccc(-c4c5ccccc5c(C(C)(C)C)c5ccccc45)cc3)cc2)c2ccccc12. The maximum absolute atomic E-state index is 2.35. The van der Waals surface area contributed by atoms with Gasteiger partial charge >= 0.3 is 0 Å². The van der Waals surface area contributed by atoms with Crippen LogP contribution >= 0.6 is 0 Å². The summed E-state index contributed by atoms with van der Waals surface area (Å²) < 4.78 is 0. The molecular formula is C51H48. The molecule has 252 valence electrons. The van der Waals surface area contributed by atoms with Crippen molar-refractivity contribution in [3.05, 3.63) is 168 Å². The molecule has 0 aliphatic carbocycles. The predicted molar refractivity (Wildman–Crippen MR) is 223 cm³/mol. The van der Waals surface area contributed by atoms with Gasteiger partial charge < -0.3 is 0 Å². The summed E-state index contributed by atoms with van der Waals surface area (Å²) in [6, 6.07) is 54.6. The molecule has 8 aromatic rings. The Morgan fingerprint density at radius 1 is 0.275 bits per heavy atom. The second-order valence-electron chi connectivity index (χ2n) is 17.0. The van der Waals surface area contributed by atoms with E-state index in [1.54, 1.807) is 0 Å². The van der Waals surface area contributed by atoms with Crippen molar-refractivity contribution in [1.29, 1.82) is 0 Å². The number of fused-ring (bicyclic) bond motifs is 4. The third kappa shape index (κ3) is 5.44. The fourth-order valence-corrected chi connectivity index (χ4v) is 8.77. The van der Waals surface area contributed by atoms with Gasteiger partial charge in [-0.3, -0.25) is 0 Å². The van der Waals surface area contributed by atoms with E-state index in [1.807, 2.05) is 0 Å². The van der Waals surface area contributed by atoms with E-state index in [-0.39, 0.29) is 16.2 Å². The molecule has 0 aromatic heterocycles. The molecule has 0 aliphatic rings. The van der Waals surface area contributed by atoms with E-state index in [2.05, 4.69) is 201 Å². The smallest absolute Gasteiger partial charge is 0.0146 e. The second-order valence-corrected chi connectivity index (χ2v) is 17.0. The van der Waals surface area contributed by atoms with Gasteiger partial charge in [0.15, 0.2) is 0 Å². The lowest BCUT2D eigenvalue weighted by molar-refractivity contribution is 0.601. The Hall–Kier alpha value is -5.20. The number of hydrogen-bond acceptors (Lipinski definition) is 0. The van der Waals surface area contributed by atoms with Gasteiger partial charge in [0, 0.05) is 5.41 Å². The first-order valence-electron chi connectivity index (χ1n) is 18.5. The zero-order chi connectivity index (χ0) is 35.7. The van der Waals surface area contributed by atoms with Gasteiger partial charge in [-0.25, -0.2) is 0 Å². The van der Waals surface area contributed by atoms with Crippen molar-refractivity contribution in [3.63, 3.8) is 0 Å². The average molecular weight is 661 g/mol. The Balaban J connectivity index is 1.21. The van der Waals surface area contributed by atoms with Crippen LogP contribution in [0, 0.1) is 0 Å². The molecule has 0 bridgehead atoms. The molecule has 0 heterocycles. The zero-order valence-corrected chi connectivity index (χ0v) is 31.4. The van der Waals surface area contributed by atoms with Gasteiger partial charge in [-0.1, -0.05) is 201 Å². The van der Waals surface area contributed by atoms with Crippen molar-refractivity contribution < 1.29 is 0 Å².